The maximum absolute atomic E-state index is 13.1. The monoisotopic (exact) mass is 409 g/mol. The van der Waals surface area contributed by atoms with E-state index in [-0.39, 0.29) is 17.7 Å². The van der Waals surface area contributed by atoms with Crippen molar-refractivity contribution in [1.29, 1.82) is 0 Å². The molecule has 2 fully saturated rings. The van der Waals surface area contributed by atoms with Gasteiger partial charge in [-0.25, -0.2) is 4.79 Å². The highest BCUT2D eigenvalue weighted by atomic mass is 32.1. The quantitative estimate of drug-likeness (QED) is 0.749. The minimum atomic E-state index is -0.877. The van der Waals surface area contributed by atoms with Gasteiger partial charge in [0.25, 0.3) is 11.8 Å². The molecule has 7 heteroatoms. The van der Waals surface area contributed by atoms with Crippen LogP contribution in [0, 0.1) is 5.92 Å². The molecule has 1 atom stereocenters. The topological polar surface area (TPSA) is 78.5 Å². The van der Waals surface area contributed by atoms with E-state index in [4.69, 9.17) is 0 Å². The first kappa shape index (κ1) is 18.4. The summed E-state index contributed by atoms with van der Waals surface area (Å²) in [7, 11) is 0. The third-order valence-corrected chi connectivity index (χ3v) is 7.81. The maximum Gasteiger partial charge on any atom is 0.322 e. The summed E-state index contributed by atoms with van der Waals surface area (Å²) in [6.45, 7) is 2.98. The van der Waals surface area contributed by atoms with E-state index >= 15 is 0 Å². The molecule has 2 N–H and O–H groups in total. The predicted octanol–water partition coefficient (Wildman–Crippen LogP) is 2.96. The van der Waals surface area contributed by atoms with Crippen molar-refractivity contribution in [2.45, 2.75) is 38.1 Å². The van der Waals surface area contributed by atoms with E-state index in [1.807, 2.05) is 4.90 Å². The number of carbonyl (C=O) groups is 3. The van der Waals surface area contributed by atoms with Crippen molar-refractivity contribution >= 4 is 29.2 Å². The number of rotatable bonds is 2. The summed E-state index contributed by atoms with van der Waals surface area (Å²) in [5.41, 5.74) is 3.00. The zero-order valence-electron chi connectivity index (χ0n) is 16.3. The molecule has 1 aromatic carbocycles. The molecule has 1 unspecified atom stereocenters. The van der Waals surface area contributed by atoms with Crippen molar-refractivity contribution in [3.05, 3.63) is 46.3 Å². The van der Waals surface area contributed by atoms with Gasteiger partial charge >= 0.3 is 6.03 Å². The molecule has 150 valence electrons. The Morgan fingerprint density at radius 1 is 1.14 bits per heavy atom. The van der Waals surface area contributed by atoms with E-state index in [1.165, 1.54) is 21.6 Å². The number of hydrogen-bond donors (Lipinski definition) is 2. The van der Waals surface area contributed by atoms with Gasteiger partial charge in [0.1, 0.15) is 5.54 Å². The van der Waals surface area contributed by atoms with Crippen LogP contribution in [0.3, 0.4) is 0 Å². The Balaban J connectivity index is 1.31. The number of nitrogens with zero attached hydrogens (tertiary/aromatic N) is 1. The van der Waals surface area contributed by atoms with Crippen molar-refractivity contribution in [1.82, 2.24) is 15.5 Å². The number of urea groups is 1. The molecule has 3 heterocycles. The lowest BCUT2D eigenvalue weighted by Gasteiger charge is -2.38. The molecule has 6 nitrogen and oxygen atoms in total. The highest BCUT2D eigenvalue weighted by molar-refractivity contribution is 7.17. The zero-order chi connectivity index (χ0) is 20.2. The Labute approximate surface area is 173 Å². The van der Waals surface area contributed by atoms with Crippen LogP contribution < -0.4 is 10.6 Å². The predicted molar refractivity (Wildman–Crippen MR) is 111 cm³/mol. The Morgan fingerprint density at radius 3 is 2.59 bits per heavy atom. The average molecular weight is 410 g/mol. The van der Waals surface area contributed by atoms with Gasteiger partial charge in [-0.3, -0.25) is 14.9 Å². The lowest BCUT2D eigenvalue weighted by atomic mass is 9.79. The van der Waals surface area contributed by atoms with E-state index in [2.05, 4.69) is 41.0 Å². The number of piperidine rings is 1. The molecule has 1 aliphatic carbocycles. The van der Waals surface area contributed by atoms with Gasteiger partial charge in [-0.05, 0) is 61.3 Å². The van der Waals surface area contributed by atoms with Crippen LogP contribution in [-0.4, -0.2) is 41.4 Å². The van der Waals surface area contributed by atoms with Crippen LogP contribution in [0.25, 0.3) is 10.4 Å². The highest BCUT2D eigenvalue weighted by Gasteiger charge is 2.48. The van der Waals surface area contributed by atoms with Crippen molar-refractivity contribution in [3.8, 4) is 10.4 Å². The molecule has 2 aliphatic heterocycles. The molecule has 0 radical (unpaired) electrons. The number of aryl methyl sites for hydroxylation is 2. The van der Waals surface area contributed by atoms with Crippen LogP contribution in [0.1, 0.15) is 40.6 Å². The molecule has 0 bridgehead atoms. The summed E-state index contributed by atoms with van der Waals surface area (Å²) in [6.07, 6.45) is 3.39. The summed E-state index contributed by atoms with van der Waals surface area (Å²) < 4.78 is 0. The van der Waals surface area contributed by atoms with E-state index in [9.17, 15) is 14.4 Å². The second-order valence-corrected chi connectivity index (χ2v) is 9.35. The molecule has 2 aromatic rings. The number of carbonyl (C=O) groups excluding carboxylic acids is 3. The largest absolute Gasteiger partial charge is 0.338 e. The number of nitrogens with one attached hydrogen (secondary N) is 2. The van der Waals surface area contributed by atoms with E-state index in [1.54, 1.807) is 18.3 Å². The van der Waals surface area contributed by atoms with Crippen molar-refractivity contribution < 1.29 is 14.4 Å². The zero-order valence-corrected chi connectivity index (χ0v) is 17.1. The van der Waals surface area contributed by atoms with E-state index < -0.39 is 11.6 Å². The molecule has 0 spiro atoms. The molecule has 5 rings (SSSR count). The Morgan fingerprint density at radius 2 is 1.86 bits per heavy atom. The first-order chi connectivity index (χ1) is 14.0. The number of benzene rings is 1. The number of imide groups is 1. The van der Waals surface area contributed by atoms with Crippen LogP contribution in [0.2, 0.25) is 0 Å². The van der Waals surface area contributed by atoms with Crippen LogP contribution >= 0.6 is 11.3 Å². The summed E-state index contributed by atoms with van der Waals surface area (Å²) in [5, 5.41) is 5.10. The molecule has 2 saturated heterocycles. The van der Waals surface area contributed by atoms with E-state index in [0.717, 1.165) is 17.7 Å². The van der Waals surface area contributed by atoms with E-state index in [0.29, 0.717) is 25.9 Å². The van der Waals surface area contributed by atoms with Gasteiger partial charge in [0.05, 0.1) is 4.88 Å². The lowest BCUT2D eigenvalue weighted by molar-refractivity contribution is -0.125. The number of amides is 4. The van der Waals surface area contributed by atoms with Gasteiger partial charge in [0.2, 0.25) is 0 Å². The smallest absolute Gasteiger partial charge is 0.322 e. The van der Waals surface area contributed by atoms with Crippen LogP contribution in [0.15, 0.2) is 30.3 Å². The second kappa shape index (κ2) is 6.69. The first-order valence-electron chi connectivity index (χ1n) is 10.1. The minimum absolute atomic E-state index is 0.0291. The Bertz CT molecular complexity index is 1020. The molecular formula is C22H23N3O3S. The third kappa shape index (κ3) is 2.95. The van der Waals surface area contributed by atoms with Crippen LogP contribution in [-0.2, 0) is 17.6 Å². The van der Waals surface area contributed by atoms with Gasteiger partial charge in [-0.2, -0.15) is 0 Å². The third-order valence-electron chi connectivity index (χ3n) is 6.62. The first-order valence-corrected chi connectivity index (χ1v) is 10.9. The summed E-state index contributed by atoms with van der Waals surface area (Å²) >= 11 is 1.59. The minimum Gasteiger partial charge on any atom is -0.338 e. The van der Waals surface area contributed by atoms with Gasteiger partial charge in [0.15, 0.2) is 0 Å². The molecular weight excluding hydrogens is 386 g/mol. The average Bonchev–Trinajstić information content (AvgIpc) is 3.28. The van der Waals surface area contributed by atoms with Crippen LogP contribution in [0.4, 0.5) is 4.79 Å². The fraction of sp³-hybridized carbons (Fsp3) is 0.409. The Kier molecular flexibility index (Phi) is 4.24. The number of likely N-dealkylation sites (tertiary alicyclic amines) is 1. The van der Waals surface area contributed by atoms with Gasteiger partial charge in [-0.1, -0.05) is 24.3 Å². The molecule has 1 aromatic heterocycles. The van der Waals surface area contributed by atoms with Crippen LogP contribution in [0.5, 0.6) is 0 Å². The van der Waals surface area contributed by atoms with Gasteiger partial charge in [0, 0.05) is 18.0 Å². The Hall–Kier alpha value is -2.67. The number of fused-ring (bicyclic) bond motifs is 3. The van der Waals surface area contributed by atoms with Gasteiger partial charge in [-0.15, -0.1) is 11.3 Å². The normalized spacial score (nSPS) is 24.0. The second-order valence-electron chi connectivity index (χ2n) is 8.30. The van der Waals surface area contributed by atoms with Crippen molar-refractivity contribution in [3.63, 3.8) is 0 Å². The highest BCUT2D eigenvalue weighted by Crippen LogP contribution is 2.40. The van der Waals surface area contributed by atoms with Gasteiger partial charge < -0.3 is 10.2 Å². The maximum atomic E-state index is 13.1. The van der Waals surface area contributed by atoms with Crippen molar-refractivity contribution in [2.24, 2.45) is 5.92 Å². The van der Waals surface area contributed by atoms with Crippen molar-refractivity contribution in [2.75, 3.05) is 13.1 Å². The molecule has 4 amide bonds. The molecule has 0 saturated carbocycles. The fourth-order valence-corrected chi connectivity index (χ4v) is 6.08. The molecule has 3 aliphatic rings. The number of hydrogen-bond acceptors (Lipinski definition) is 4. The summed E-state index contributed by atoms with van der Waals surface area (Å²) in [5.74, 6) is -0.163. The number of thiophene rings is 1. The SMILES string of the molecule is CC1(C2CCN(C(=O)c3cc4c(s3)-c3ccccc3CC4)CC2)NC(=O)NC1=O. The standard InChI is InChI=1S/C22H23N3O3S/c1-22(20(27)23-21(28)24-22)15-8-10-25(11-9-15)19(26)17-12-14-7-6-13-4-2-3-5-16(13)18(14)29-17/h2-5,12,15H,6-11H2,1H3,(H2,23,24,27,28). The summed E-state index contributed by atoms with van der Waals surface area (Å²) in [6, 6.07) is 10.1. The summed E-state index contributed by atoms with van der Waals surface area (Å²) in [4.78, 5) is 40.8. The molecule has 29 heavy (non-hydrogen) atoms. The fourth-order valence-electron chi connectivity index (χ4n) is 4.84. The lowest BCUT2D eigenvalue weighted by Crippen LogP contribution is -2.54.